The number of benzene rings is 2. The van der Waals surface area contributed by atoms with E-state index in [0.717, 1.165) is 11.0 Å². The maximum Gasteiger partial charge on any atom is 0.255 e. The molecule has 2 N–H and O–H groups in total. The zero-order valence-electron chi connectivity index (χ0n) is 12.4. The Morgan fingerprint density at radius 2 is 1.91 bits per heavy atom. The van der Waals surface area contributed by atoms with Crippen molar-refractivity contribution in [1.82, 2.24) is 9.97 Å². The van der Waals surface area contributed by atoms with Crippen molar-refractivity contribution in [3.8, 4) is 0 Å². The molecule has 3 rings (SSSR count). The van der Waals surface area contributed by atoms with E-state index < -0.39 is 9.84 Å². The third-order valence-corrected chi connectivity index (χ3v) is 5.28. The van der Waals surface area contributed by atoms with Crippen LogP contribution in [0.5, 0.6) is 0 Å². The molecule has 1 amide bonds. The van der Waals surface area contributed by atoms with Crippen molar-refractivity contribution in [1.29, 1.82) is 0 Å². The molecule has 3 aromatic rings. The summed E-state index contributed by atoms with van der Waals surface area (Å²) in [5.41, 5.74) is 2.60. The summed E-state index contributed by atoms with van der Waals surface area (Å²) in [6.07, 6.45) is 1.57. The van der Waals surface area contributed by atoms with Crippen LogP contribution in [0, 0.1) is 0 Å². The predicted octanol–water partition coefficient (Wildman–Crippen LogP) is 2.61. The zero-order chi connectivity index (χ0) is 16.4. The van der Waals surface area contributed by atoms with Gasteiger partial charge < -0.3 is 10.3 Å². The van der Waals surface area contributed by atoms with E-state index in [1.807, 2.05) is 0 Å². The first-order valence-electron chi connectivity index (χ1n) is 7.07. The van der Waals surface area contributed by atoms with Crippen LogP contribution in [0.25, 0.3) is 11.0 Å². The number of sulfone groups is 1. The largest absolute Gasteiger partial charge is 0.345 e. The van der Waals surface area contributed by atoms with Gasteiger partial charge in [0.05, 0.1) is 28.0 Å². The number of nitrogens with zero attached hydrogens (tertiary/aromatic N) is 1. The van der Waals surface area contributed by atoms with Gasteiger partial charge in [-0.25, -0.2) is 13.4 Å². The lowest BCUT2D eigenvalue weighted by Crippen LogP contribution is -2.12. The standard InChI is InChI=1S/C16H15N3O3S/c1-2-23(21,22)13-6-4-12(5-7-13)19-16(20)11-3-8-14-15(9-11)18-10-17-14/h3-10H,2H2,1H3,(H,17,18)(H,19,20). The van der Waals surface area contributed by atoms with Gasteiger partial charge in [-0.1, -0.05) is 6.92 Å². The minimum absolute atomic E-state index is 0.0445. The maximum atomic E-state index is 12.3. The first-order chi connectivity index (χ1) is 11.0. The van der Waals surface area contributed by atoms with E-state index in [-0.39, 0.29) is 16.6 Å². The van der Waals surface area contributed by atoms with Crippen molar-refractivity contribution in [2.24, 2.45) is 0 Å². The molecular formula is C16H15N3O3S. The van der Waals surface area contributed by atoms with E-state index >= 15 is 0 Å². The highest BCUT2D eigenvalue weighted by Gasteiger charge is 2.12. The molecule has 1 aromatic heterocycles. The minimum atomic E-state index is -3.24. The van der Waals surface area contributed by atoms with Crippen molar-refractivity contribution in [3.63, 3.8) is 0 Å². The van der Waals surface area contributed by atoms with E-state index in [0.29, 0.717) is 11.3 Å². The number of nitrogens with one attached hydrogen (secondary N) is 2. The third-order valence-electron chi connectivity index (χ3n) is 3.53. The van der Waals surface area contributed by atoms with Crippen molar-refractivity contribution in [3.05, 3.63) is 54.4 Å². The Morgan fingerprint density at radius 3 is 2.61 bits per heavy atom. The SMILES string of the molecule is CCS(=O)(=O)c1ccc(NC(=O)c2ccc3nc[nH]c3c2)cc1. The van der Waals surface area contributed by atoms with Gasteiger partial charge >= 0.3 is 0 Å². The third kappa shape index (κ3) is 3.09. The minimum Gasteiger partial charge on any atom is -0.345 e. The number of aromatic amines is 1. The van der Waals surface area contributed by atoms with Crippen LogP contribution in [-0.4, -0.2) is 30.0 Å². The maximum absolute atomic E-state index is 12.3. The molecule has 0 aliphatic heterocycles. The molecule has 118 valence electrons. The lowest BCUT2D eigenvalue weighted by atomic mass is 10.2. The molecule has 0 saturated carbocycles. The number of anilines is 1. The predicted molar refractivity (Wildman–Crippen MR) is 88.2 cm³/mol. The Hall–Kier alpha value is -2.67. The lowest BCUT2D eigenvalue weighted by molar-refractivity contribution is 0.102. The van der Waals surface area contributed by atoms with Gasteiger partial charge in [0.25, 0.3) is 5.91 Å². The normalized spacial score (nSPS) is 11.5. The fraction of sp³-hybridized carbons (Fsp3) is 0.125. The number of carbonyl (C=O) groups excluding carboxylic acids is 1. The highest BCUT2D eigenvalue weighted by molar-refractivity contribution is 7.91. The summed E-state index contributed by atoms with van der Waals surface area (Å²) >= 11 is 0. The Bertz CT molecular complexity index is 960. The fourth-order valence-corrected chi connectivity index (χ4v) is 3.08. The van der Waals surface area contributed by atoms with Crippen LogP contribution in [0.4, 0.5) is 5.69 Å². The quantitative estimate of drug-likeness (QED) is 0.769. The number of aromatic nitrogens is 2. The second kappa shape index (κ2) is 5.85. The number of amides is 1. The molecule has 6 nitrogen and oxygen atoms in total. The molecule has 0 bridgehead atoms. The van der Waals surface area contributed by atoms with Crippen LogP contribution < -0.4 is 5.32 Å². The van der Waals surface area contributed by atoms with Gasteiger partial charge in [0, 0.05) is 11.3 Å². The van der Waals surface area contributed by atoms with E-state index in [1.165, 1.54) is 12.1 Å². The highest BCUT2D eigenvalue weighted by atomic mass is 32.2. The molecule has 0 unspecified atom stereocenters. The number of rotatable bonds is 4. The van der Waals surface area contributed by atoms with Gasteiger partial charge in [-0.3, -0.25) is 4.79 Å². The molecule has 0 saturated heterocycles. The summed E-state index contributed by atoms with van der Waals surface area (Å²) in [5.74, 6) is -0.226. The molecule has 2 aromatic carbocycles. The Kier molecular flexibility index (Phi) is 3.87. The molecule has 0 spiro atoms. The lowest BCUT2D eigenvalue weighted by Gasteiger charge is -2.07. The molecule has 23 heavy (non-hydrogen) atoms. The second-order valence-corrected chi connectivity index (χ2v) is 7.29. The van der Waals surface area contributed by atoms with E-state index in [4.69, 9.17) is 0 Å². The number of H-pyrrole nitrogens is 1. The summed E-state index contributed by atoms with van der Waals surface area (Å²) in [7, 11) is -3.24. The van der Waals surface area contributed by atoms with Gasteiger partial charge in [-0.05, 0) is 42.5 Å². The molecule has 0 radical (unpaired) electrons. The van der Waals surface area contributed by atoms with Crippen LogP contribution in [0.1, 0.15) is 17.3 Å². The summed E-state index contributed by atoms with van der Waals surface area (Å²) in [4.78, 5) is 19.6. The highest BCUT2D eigenvalue weighted by Crippen LogP contribution is 2.17. The molecule has 0 fully saturated rings. The number of fused-ring (bicyclic) bond motifs is 1. The van der Waals surface area contributed by atoms with Crippen molar-refractivity contribution < 1.29 is 13.2 Å². The number of hydrogen-bond donors (Lipinski definition) is 2. The number of hydrogen-bond acceptors (Lipinski definition) is 4. The van der Waals surface area contributed by atoms with Crippen LogP contribution >= 0.6 is 0 Å². The van der Waals surface area contributed by atoms with Crippen LogP contribution in [0.15, 0.2) is 53.7 Å². The van der Waals surface area contributed by atoms with Crippen molar-refractivity contribution >= 4 is 32.5 Å². The average molecular weight is 329 g/mol. The Morgan fingerprint density at radius 1 is 1.17 bits per heavy atom. The average Bonchev–Trinajstić information content (AvgIpc) is 3.03. The zero-order valence-corrected chi connectivity index (χ0v) is 13.2. The van der Waals surface area contributed by atoms with Gasteiger partial charge in [0.1, 0.15) is 0 Å². The molecule has 0 atom stereocenters. The van der Waals surface area contributed by atoms with Crippen molar-refractivity contribution in [2.75, 3.05) is 11.1 Å². The van der Waals surface area contributed by atoms with Gasteiger partial charge in [-0.15, -0.1) is 0 Å². The van der Waals surface area contributed by atoms with E-state index in [2.05, 4.69) is 15.3 Å². The first kappa shape index (κ1) is 15.2. The summed E-state index contributed by atoms with van der Waals surface area (Å²) in [6.45, 7) is 1.59. The molecule has 0 aliphatic carbocycles. The van der Waals surface area contributed by atoms with Gasteiger partial charge in [0.15, 0.2) is 9.84 Å². The van der Waals surface area contributed by atoms with Crippen LogP contribution in [0.3, 0.4) is 0 Å². The smallest absolute Gasteiger partial charge is 0.255 e. The Labute approximate surface area is 133 Å². The molecule has 0 aliphatic rings. The van der Waals surface area contributed by atoms with Gasteiger partial charge in [0.2, 0.25) is 0 Å². The Balaban J connectivity index is 1.79. The fourth-order valence-electron chi connectivity index (χ4n) is 2.19. The molecular weight excluding hydrogens is 314 g/mol. The summed E-state index contributed by atoms with van der Waals surface area (Å²) < 4.78 is 23.5. The molecule has 7 heteroatoms. The van der Waals surface area contributed by atoms with E-state index in [9.17, 15) is 13.2 Å². The second-order valence-electron chi connectivity index (χ2n) is 5.02. The number of carbonyl (C=O) groups is 1. The first-order valence-corrected chi connectivity index (χ1v) is 8.72. The molecule has 1 heterocycles. The van der Waals surface area contributed by atoms with Gasteiger partial charge in [-0.2, -0.15) is 0 Å². The number of imidazole rings is 1. The topological polar surface area (TPSA) is 91.9 Å². The monoisotopic (exact) mass is 329 g/mol. The van der Waals surface area contributed by atoms with Crippen LogP contribution in [0.2, 0.25) is 0 Å². The summed E-state index contributed by atoms with van der Waals surface area (Å²) in [6, 6.07) is 11.3. The summed E-state index contributed by atoms with van der Waals surface area (Å²) in [5, 5.41) is 2.74. The van der Waals surface area contributed by atoms with E-state index in [1.54, 1.807) is 43.6 Å². The van der Waals surface area contributed by atoms with Crippen molar-refractivity contribution in [2.45, 2.75) is 11.8 Å². The van der Waals surface area contributed by atoms with Crippen LogP contribution in [-0.2, 0) is 9.84 Å².